The number of nitrogens with zero attached hydrogens (tertiary/aromatic N) is 1. The van der Waals surface area contributed by atoms with Crippen molar-refractivity contribution in [1.82, 2.24) is 4.90 Å². The summed E-state index contributed by atoms with van der Waals surface area (Å²) in [6.07, 6.45) is 1.45. The molecule has 5 nitrogen and oxygen atoms in total. The quantitative estimate of drug-likeness (QED) is 0.604. The number of carbonyl (C=O) groups is 2. The Bertz CT molecular complexity index is 890. The van der Waals surface area contributed by atoms with Crippen molar-refractivity contribution >= 4 is 57.9 Å². The average molecular weight is 394 g/mol. The molecule has 1 aliphatic rings. The molecule has 128 valence electrons. The topological polar surface area (TPSA) is 70.8 Å². The fourth-order valence-corrected chi connectivity index (χ4v) is 3.74. The third kappa shape index (κ3) is 4.12. The number of thiocarbonyl (C=S) groups is 1. The number of hydrogen-bond acceptors (Lipinski definition) is 5. The lowest BCUT2D eigenvalue weighted by molar-refractivity contribution is -0.137. The van der Waals surface area contributed by atoms with Crippen LogP contribution in [-0.2, 0) is 9.59 Å². The first-order valence-corrected chi connectivity index (χ1v) is 8.87. The Morgan fingerprint density at radius 2 is 2.16 bits per heavy atom. The molecule has 1 aliphatic heterocycles. The van der Waals surface area contributed by atoms with Gasteiger partial charge in [-0.15, -0.1) is 0 Å². The van der Waals surface area contributed by atoms with Crippen molar-refractivity contribution in [2.75, 3.05) is 6.54 Å². The Morgan fingerprint density at radius 1 is 1.36 bits per heavy atom. The molecule has 0 saturated carbocycles. The lowest BCUT2D eigenvalue weighted by Gasteiger charge is -2.12. The van der Waals surface area contributed by atoms with Gasteiger partial charge in [-0.3, -0.25) is 14.5 Å². The SMILES string of the molecule is O=C(O)CCN1C(=O)C(=Cc2ccc(-c3cccc(Cl)c3)o2)SC1=S. The van der Waals surface area contributed by atoms with Crippen molar-refractivity contribution < 1.29 is 19.1 Å². The Morgan fingerprint density at radius 3 is 2.88 bits per heavy atom. The number of furan rings is 1. The predicted octanol–water partition coefficient (Wildman–Crippen LogP) is 4.28. The first-order valence-electron chi connectivity index (χ1n) is 7.27. The van der Waals surface area contributed by atoms with E-state index in [0.29, 0.717) is 25.8 Å². The Kier molecular flexibility index (Phi) is 5.27. The number of hydrogen-bond donors (Lipinski definition) is 1. The maximum absolute atomic E-state index is 12.4. The van der Waals surface area contributed by atoms with Gasteiger partial charge in [0.05, 0.1) is 11.3 Å². The largest absolute Gasteiger partial charge is 0.481 e. The number of carbonyl (C=O) groups excluding carboxylic acids is 1. The van der Waals surface area contributed by atoms with Crippen molar-refractivity contribution in [2.45, 2.75) is 6.42 Å². The van der Waals surface area contributed by atoms with E-state index in [4.69, 9.17) is 33.3 Å². The van der Waals surface area contributed by atoms with Gasteiger partial charge in [0, 0.05) is 23.2 Å². The van der Waals surface area contributed by atoms with Gasteiger partial charge in [-0.05, 0) is 24.3 Å². The highest BCUT2D eigenvalue weighted by atomic mass is 35.5. The molecule has 25 heavy (non-hydrogen) atoms. The number of rotatable bonds is 5. The van der Waals surface area contributed by atoms with E-state index in [2.05, 4.69) is 0 Å². The highest BCUT2D eigenvalue weighted by Gasteiger charge is 2.32. The average Bonchev–Trinajstić information content (AvgIpc) is 3.12. The number of benzene rings is 1. The number of carboxylic acids is 1. The molecule has 0 aliphatic carbocycles. The molecule has 0 radical (unpaired) electrons. The number of aliphatic carboxylic acids is 1. The van der Waals surface area contributed by atoms with Crippen LogP contribution in [0.4, 0.5) is 0 Å². The van der Waals surface area contributed by atoms with Crippen LogP contribution >= 0.6 is 35.6 Å². The van der Waals surface area contributed by atoms with Gasteiger partial charge < -0.3 is 9.52 Å². The molecule has 1 N–H and O–H groups in total. The van der Waals surface area contributed by atoms with Crippen LogP contribution in [0.25, 0.3) is 17.4 Å². The third-order valence-corrected chi connectivity index (χ3v) is 5.05. The first kappa shape index (κ1) is 17.7. The molecule has 0 spiro atoms. The van der Waals surface area contributed by atoms with Crippen molar-refractivity contribution in [3.63, 3.8) is 0 Å². The number of halogens is 1. The van der Waals surface area contributed by atoms with Crippen LogP contribution in [0.2, 0.25) is 5.02 Å². The highest BCUT2D eigenvalue weighted by molar-refractivity contribution is 8.26. The summed E-state index contributed by atoms with van der Waals surface area (Å²) in [6, 6.07) is 10.8. The van der Waals surface area contributed by atoms with E-state index in [9.17, 15) is 9.59 Å². The van der Waals surface area contributed by atoms with E-state index in [1.54, 1.807) is 30.3 Å². The van der Waals surface area contributed by atoms with Crippen LogP contribution in [0, 0.1) is 0 Å². The molecule has 0 bridgehead atoms. The van der Waals surface area contributed by atoms with Crippen molar-refractivity contribution in [3.8, 4) is 11.3 Å². The van der Waals surface area contributed by atoms with E-state index in [1.807, 2.05) is 12.1 Å². The zero-order valence-corrected chi connectivity index (χ0v) is 15.2. The smallest absolute Gasteiger partial charge is 0.305 e. The lowest BCUT2D eigenvalue weighted by atomic mass is 10.2. The summed E-state index contributed by atoms with van der Waals surface area (Å²) in [6.45, 7) is 0.0588. The zero-order valence-electron chi connectivity index (χ0n) is 12.8. The molecule has 2 heterocycles. The fraction of sp³-hybridized carbons (Fsp3) is 0.118. The summed E-state index contributed by atoms with van der Waals surface area (Å²) < 4.78 is 6.09. The van der Waals surface area contributed by atoms with Gasteiger partial charge in [-0.25, -0.2) is 0 Å². The number of thioether (sulfide) groups is 1. The molecule has 1 amide bonds. The molecular formula is C17H12ClNO4S2. The maximum Gasteiger partial charge on any atom is 0.305 e. The van der Waals surface area contributed by atoms with Gasteiger partial charge in [-0.1, -0.05) is 47.7 Å². The second-order valence-electron chi connectivity index (χ2n) is 5.19. The minimum Gasteiger partial charge on any atom is -0.481 e. The molecule has 8 heteroatoms. The molecule has 1 aromatic heterocycles. The standard InChI is InChI=1S/C17H12ClNO4S2/c18-11-3-1-2-10(8-11)13-5-4-12(23-13)9-14-16(22)19(17(24)25-14)7-6-15(20)21/h1-5,8-9H,6-7H2,(H,20,21). The maximum atomic E-state index is 12.4. The Balaban J connectivity index is 1.79. The minimum atomic E-state index is -0.977. The van der Waals surface area contributed by atoms with E-state index < -0.39 is 5.97 Å². The van der Waals surface area contributed by atoms with Crippen molar-refractivity contribution in [2.24, 2.45) is 0 Å². The molecule has 2 aromatic rings. The van der Waals surface area contributed by atoms with Crippen molar-refractivity contribution in [3.05, 3.63) is 52.1 Å². The monoisotopic (exact) mass is 393 g/mol. The molecule has 1 saturated heterocycles. The van der Waals surface area contributed by atoms with Gasteiger partial charge in [0.1, 0.15) is 15.8 Å². The zero-order chi connectivity index (χ0) is 18.0. The molecule has 3 rings (SSSR count). The molecular weight excluding hydrogens is 382 g/mol. The van der Waals surface area contributed by atoms with Gasteiger partial charge >= 0.3 is 5.97 Å². The van der Waals surface area contributed by atoms with Crippen molar-refractivity contribution in [1.29, 1.82) is 0 Å². The summed E-state index contributed by atoms with van der Waals surface area (Å²) in [5.41, 5.74) is 0.834. The van der Waals surface area contributed by atoms with Crippen LogP contribution in [0.1, 0.15) is 12.2 Å². The summed E-state index contributed by atoms with van der Waals surface area (Å²) >= 11 is 12.3. The second kappa shape index (κ2) is 7.43. The van der Waals surface area contributed by atoms with E-state index in [1.165, 1.54) is 4.90 Å². The summed E-state index contributed by atoms with van der Waals surface area (Å²) in [5, 5.41) is 9.36. The highest BCUT2D eigenvalue weighted by Crippen LogP contribution is 2.33. The lowest BCUT2D eigenvalue weighted by Crippen LogP contribution is -2.30. The summed E-state index contributed by atoms with van der Waals surface area (Å²) in [7, 11) is 0. The minimum absolute atomic E-state index is 0.0588. The molecule has 1 fully saturated rings. The Hall–Kier alpha value is -2.09. The second-order valence-corrected chi connectivity index (χ2v) is 7.30. The van der Waals surface area contributed by atoms with E-state index >= 15 is 0 Å². The summed E-state index contributed by atoms with van der Waals surface area (Å²) in [4.78, 5) is 24.7. The number of carboxylic acid groups (broad SMARTS) is 1. The van der Waals surface area contributed by atoms with E-state index in [0.717, 1.165) is 17.3 Å². The Labute approximate surface area is 158 Å². The van der Waals surface area contributed by atoms with E-state index in [-0.39, 0.29) is 18.9 Å². The van der Waals surface area contributed by atoms with Gasteiger partial charge in [0.15, 0.2) is 0 Å². The molecule has 0 unspecified atom stereocenters. The van der Waals surface area contributed by atoms with Crippen LogP contribution < -0.4 is 0 Å². The van der Waals surface area contributed by atoms with Crippen LogP contribution in [0.15, 0.2) is 45.7 Å². The van der Waals surface area contributed by atoms with Gasteiger partial charge in [0.2, 0.25) is 0 Å². The fourth-order valence-electron chi connectivity index (χ4n) is 2.26. The van der Waals surface area contributed by atoms with Crippen LogP contribution in [0.5, 0.6) is 0 Å². The van der Waals surface area contributed by atoms with Crippen LogP contribution in [-0.4, -0.2) is 32.7 Å². The van der Waals surface area contributed by atoms with Gasteiger partial charge in [0.25, 0.3) is 5.91 Å². The van der Waals surface area contributed by atoms with Gasteiger partial charge in [-0.2, -0.15) is 0 Å². The van der Waals surface area contributed by atoms with Crippen LogP contribution in [0.3, 0.4) is 0 Å². The third-order valence-electron chi connectivity index (χ3n) is 3.43. The molecule has 0 atom stereocenters. The summed E-state index contributed by atoms with van der Waals surface area (Å²) in [5.74, 6) is -0.143. The number of amides is 1. The predicted molar refractivity (Wildman–Crippen MR) is 101 cm³/mol. The first-order chi connectivity index (χ1) is 11.9. The molecule has 1 aromatic carbocycles. The normalized spacial score (nSPS) is 16.0.